The zero-order chi connectivity index (χ0) is 13.8. The monoisotopic (exact) mass is 280 g/mol. The van der Waals surface area contributed by atoms with Gasteiger partial charge >= 0.3 is 5.69 Å². The van der Waals surface area contributed by atoms with Crippen LogP contribution in [0.3, 0.4) is 0 Å². The Hall–Kier alpha value is -1.95. The lowest BCUT2D eigenvalue weighted by atomic mass is 10.1. The summed E-state index contributed by atoms with van der Waals surface area (Å²) < 4.78 is 13.5. The molecule has 1 heterocycles. The molecule has 1 atom stereocenters. The average Bonchev–Trinajstić information content (AvgIpc) is 2.89. The van der Waals surface area contributed by atoms with E-state index in [9.17, 15) is 14.5 Å². The van der Waals surface area contributed by atoms with Crippen LogP contribution in [-0.2, 0) is 0 Å². The second-order valence-corrected chi connectivity index (χ2v) is 4.99. The van der Waals surface area contributed by atoms with Crippen molar-refractivity contribution in [2.45, 2.75) is 19.4 Å². The summed E-state index contributed by atoms with van der Waals surface area (Å²) in [5, 5.41) is 15.9. The van der Waals surface area contributed by atoms with E-state index in [2.05, 4.69) is 5.32 Å². The van der Waals surface area contributed by atoms with Crippen LogP contribution in [0, 0.1) is 15.9 Å². The van der Waals surface area contributed by atoms with Crippen LogP contribution in [0.4, 0.5) is 15.8 Å². The van der Waals surface area contributed by atoms with Gasteiger partial charge in [-0.3, -0.25) is 10.1 Å². The summed E-state index contributed by atoms with van der Waals surface area (Å²) in [6, 6.07) is 7.90. The predicted octanol–water partition coefficient (Wildman–Crippen LogP) is 4.36. The van der Waals surface area contributed by atoms with Crippen molar-refractivity contribution in [2.75, 3.05) is 5.32 Å². The van der Waals surface area contributed by atoms with Crippen LogP contribution in [-0.4, -0.2) is 4.92 Å². The number of hydrogen-bond donors (Lipinski definition) is 1. The number of nitro groups is 1. The Labute approximate surface area is 114 Å². The van der Waals surface area contributed by atoms with Crippen molar-refractivity contribution in [3.05, 3.63) is 56.5 Å². The van der Waals surface area contributed by atoms with E-state index >= 15 is 0 Å². The normalized spacial score (nSPS) is 12.1. The molecule has 1 unspecified atom stereocenters. The number of nitrogens with one attached hydrogen (secondary N) is 1. The van der Waals surface area contributed by atoms with Crippen LogP contribution >= 0.6 is 11.3 Å². The van der Waals surface area contributed by atoms with E-state index in [0.29, 0.717) is 0 Å². The highest BCUT2D eigenvalue weighted by Gasteiger charge is 2.22. The zero-order valence-electron chi connectivity index (χ0n) is 10.3. The molecule has 100 valence electrons. The molecule has 0 amide bonds. The fourth-order valence-electron chi connectivity index (χ4n) is 1.87. The minimum Gasteiger partial charge on any atom is -0.372 e. The first kappa shape index (κ1) is 13.5. The molecule has 0 saturated carbocycles. The van der Waals surface area contributed by atoms with Gasteiger partial charge in [-0.1, -0.05) is 19.1 Å². The fraction of sp³-hybridized carbons (Fsp3) is 0.231. The lowest BCUT2D eigenvalue weighted by molar-refractivity contribution is -0.386. The van der Waals surface area contributed by atoms with Crippen molar-refractivity contribution in [2.24, 2.45) is 0 Å². The highest BCUT2D eigenvalue weighted by Crippen LogP contribution is 2.32. The summed E-state index contributed by atoms with van der Waals surface area (Å²) in [6.07, 6.45) is 0.758. The maximum absolute atomic E-state index is 13.5. The Kier molecular flexibility index (Phi) is 4.11. The Balaban J connectivity index is 2.32. The van der Waals surface area contributed by atoms with E-state index in [0.717, 1.165) is 17.4 Å². The molecule has 19 heavy (non-hydrogen) atoms. The zero-order valence-corrected chi connectivity index (χ0v) is 11.1. The third kappa shape index (κ3) is 2.90. The minimum absolute atomic E-state index is 0.0551. The van der Waals surface area contributed by atoms with E-state index in [1.54, 1.807) is 11.3 Å². The Morgan fingerprint density at radius 3 is 2.79 bits per heavy atom. The molecule has 0 fully saturated rings. The highest BCUT2D eigenvalue weighted by molar-refractivity contribution is 7.10. The Bertz CT molecular complexity index is 572. The lowest BCUT2D eigenvalue weighted by Crippen LogP contribution is -2.10. The van der Waals surface area contributed by atoms with Gasteiger partial charge in [0.1, 0.15) is 5.69 Å². The number of halogens is 1. The number of nitro benzene ring substituents is 1. The molecule has 1 aromatic carbocycles. The number of hydrogen-bond acceptors (Lipinski definition) is 4. The smallest absolute Gasteiger partial charge is 0.327 e. The number of benzene rings is 1. The van der Waals surface area contributed by atoms with Gasteiger partial charge in [0.05, 0.1) is 11.0 Å². The van der Waals surface area contributed by atoms with Crippen LogP contribution in [0.1, 0.15) is 24.3 Å². The van der Waals surface area contributed by atoms with E-state index in [1.165, 1.54) is 12.1 Å². The molecule has 0 bridgehead atoms. The van der Waals surface area contributed by atoms with E-state index in [1.807, 2.05) is 24.4 Å². The first-order chi connectivity index (χ1) is 9.13. The second-order valence-electron chi connectivity index (χ2n) is 4.01. The van der Waals surface area contributed by atoms with Gasteiger partial charge in [0.2, 0.25) is 5.82 Å². The van der Waals surface area contributed by atoms with Crippen molar-refractivity contribution < 1.29 is 9.31 Å². The largest absolute Gasteiger partial charge is 0.372 e. The SMILES string of the molecule is CCC(Nc1cccc(F)c1[N+](=O)[O-])c1cccs1. The van der Waals surface area contributed by atoms with Crippen molar-refractivity contribution in [1.29, 1.82) is 0 Å². The first-order valence-electron chi connectivity index (χ1n) is 5.86. The van der Waals surface area contributed by atoms with Crippen LogP contribution in [0.2, 0.25) is 0 Å². The number of rotatable bonds is 5. The molecule has 6 heteroatoms. The van der Waals surface area contributed by atoms with Gasteiger partial charge < -0.3 is 5.32 Å². The van der Waals surface area contributed by atoms with Crippen molar-refractivity contribution in [3.8, 4) is 0 Å². The average molecular weight is 280 g/mol. The van der Waals surface area contributed by atoms with Gasteiger partial charge in [-0.2, -0.15) is 4.39 Å². The molecule has 0 radical (unpaired) electrons. The second kappa shape index (κ2) is 5.79. The van der Waals surface area contributed by atoms with Crippen LogP contribution in [0.25, 0.3) is 0 Å². The third-order valence-electron chi connectivity index (χ3n) is 2.79. The summed E-state index contributed by atoms with van der Waals surface area (Å²) >= 11 is 1.57. The Morgan fingerprint density at radius 2 is 2.21 bits per heavy atom. The van der Waals surface area contributed by atoms with Gasteiger partial charge in [-0.05, 0) is 30.0 Å². The summed E-state index contributed by atoms with van der Waals surface area (Å²) in [5.74, 6) is -0.823. The van der Waals surface area contributed by atoms with Crippen molar-refractivity contribution in [3.63, 3.8) is 0 Å². The van der Waals surface area contributed by atoms with E-state index in [-0.39, 0.29) is 11.7 Å². The van der Waals surface area contributed by atoms with E-state index < -0.39 is 16.4 Å². The van der Waals surface area contributed by atoms with Gasteiger partial charge in [-0.15, -0.1) is 11.3 Å². The molecule has 0 aliphatic heterocycles. The van der Waals surface area contributed by atoms with Gasteiger partial charge in [0.25, 0.3) is 0 Å². The maximum Gasteiger partial charge on any atom is 0.327 e. The third-order valence-corrected chi connectivity index (χ3v) is 3.78. The quantitative estimate of drug-likeness (QED) is 0.654. The topological polar surface area (TPSA) is 55.2 Å². The van der Waals surface area contributed by atoms with Crippen LogP contribution < -0.4 is 5.32 Å². The molecule has 4 nitrogen and oxygen atoms in total. The lowest BCUT2D eigenvalue weighted by Gasteiger charge is -2.16. The molecule has 1 N–H and O–H groups in total. The summed E-state index contributed by atoms with van der Waals surface area (Å²) in [7, 11) is 0. The molecule has 1 aromatic heterocycles. The summed E-state index contributed by atoms with van der Waals surface area (Å²) in [4.78, 5) is 11.3. The molecule has 0 aliphatic carbocycles. The minimum atomic E-state index is -0.823. The summed E-state index contributed by atoms with van der Waals surface area (Å²) in [5.41, 5.74) is -0.289. The number of thiophene rings is 1. The van der Waals surface area contributed by atoms with Gasteiger partial charge in [-0.25, -0.2) is 0 Å². The molecular formula is C13H13FN2O2S. The van der Waals surface area contributed by atoms with Gasteiger partial charge in [0, 0.05) is 4.88 Å². The number of para-hydroxylation sites is 1. The van der Waals surface area contributed by atoms with Crippen molar-refractivity contribution >= 4 is 22.7 Å². The molecular weight excluding hydrogens is 267 g/mol. The molecule has 0 spiro atoms. The highest BCUT2D eigenvalue weighted by atomic mass is 32.1. The molecule has 2 rings (SSSR count). The molecule has 0 aliphatic rings. The van der Waals surface area contributed by atoms with Crippen LogP contribution in [0.5, 0.6) is 0 Å². The van der Waals surface area contributed by atoms with Crippen molar-refractivity contribution in [1.82, 2.24) is 0 Å². The molecule has 2 aromatic rings. The van der Waals surface area contributed by atoms with Gasteiger partial charge in [0.15, 0.2) is 0 Å². The first-order valence-corrected chi connectivity index (χ1v) is 6.74. The number of nitrogens with zero attached hydrogens (tertiary/aromatic N) is 1. The van der Waals surface area contributed by atoms with E-state index in [4.69, 9.17) is 0 Å². The standard InChI is InChI=1S/C13H13FN2O2S/c1-2-10(12-7-4-8-19-12)15-11-6-3-5-9(14)13(11)16(17)18/h3-8,10,15H,2H2,1H3. The predicted molar refractivity (Wildman–Crippen MR) is 74.0 cm³/mol. The maximum atomic E-state index is 13.5. The molecule has 0 saturated heterocycles. The number of anilines is 1. The summed E-state index contributed by atoms with van der Waals surface area (Å²) in [6.45, 7) is 1.97. The fourth-order valence-corrected chi connectivity index (χ4v) is 2.73. The Morgan fingerprint density at radius 1 is 1.42 bits per heavy atom. The van der Waals surface area contributed by atoms with Crippen LogP contribution in [0.15, 0.2) is 35.7 Å².